The molecule has 0 amide bonds. The molecule has 5 nitrogen and oxygen atoms in total. The van der Waals surface area contributed by atoms with Crippen molar-refractivity contribution in [1.82, 2.24) is 0 Å². The van der Waals surface area contributed by atoms with Crippen molar-refractivity contribution < 1.29 is 24.1 Å². The highest BCUT2D eigenvalue weighted by molar-refractivity contribution is 5.88. The monoisotopic (exact) mass is 252 g/mol. The predicted octanol–water partition coefficient (Wildman–Crippen LogP) is 1.95. The lowest BCUT2D eigenvalue weighted by atomic mass is 10.2. The van der Waals surface area contributed by atoms with Gasteiger partial charge in [-0.15, -0.1) is 0 Å². The SMILES string of the molecule is CC(C)Oc1cc(OC2COC2)cc(C(=O)O)c1. The Bertz CT molecular complexity index is 437. The van der Waals surface area contributed by atoms with Crippen LogP contribution in [0.25, 0.3) is 0 Å². The van der Waals surface area contributed by atoms with Gasteiger partial charge in [0.2, 0.25) is 0 Å². The van der Waals surface area contributed by atoms with Crippen molar-refractivity contribution >= 4 is 5.97 Å². The minimum Gasteiger partial charge on any atom is -0.491 e. The number of hydrogen-bond acceptors (Lipinski definition) is 4. The van der Waals surface area contributed by atoms with Gasteiger partial charge in [0.25, 0.3) is 0 Å². The molecule has 1 aliphatic rings. The highest BCUT2D eigenvalue weighted by Crippen LogP contribution is 2.25. The molecule has 0 aliphatic carbocycles. The number of aromatic carboxylic acids is 1. The molecular weight excluding hydrogens is 236 g/mol. The van der Waals surface area contributed by atoms with Gasteiger partial charge in [0, 0.05) is 6.07 Å². The largest absolute Gasteiger partial charge is 0.491 e. The third kappa shape index (κ3) is 3.13. The van der Waals surface area contributed by atoms with Gasteiger partial charge in [0.15, 0.2) is 0 Å². The van der Waals surface area contributed by atoms with Crippen molar-refractivity contribution in [2.75, 3.05) is 13.2 Å². The van der Waals surface area contributed by atoms with Crippen LogP contribution in [0.15, 0.2) is 18.2 Å². The van der Waals surface area contributed by atoms with E-state index in [0.717, 1.165) is 0 Å². The molecule has 0 saturated carbocycles. The Labute approximate surface area is 105 Å². The van der Waals surface area contributed by atoms with Crippen molar-refractivity contribution in [2.24, 2.45) is 0 Å². The van der Waals surface area contributed by atoms with Crippen LogP contribution in [0, 0.1) is 0 Å². The van der Waals surface area contributed by atoms with Gasteiger partial charge in [0.05, 0.1) is 24.9 Å². The second kappa shape index (κ2) is 5.27. The summed E-state index contributed by atoms with van der Waals surface area (Å²) in [7, 11) is 0. The number of carboxylic acid groups (broad SMARTS) is 1. The summed E-state index contributed by atoms with van der Waals surface area (Å²) in [5, 5.41) is 9.04. The summed E-state index contributed by atoms with van der Waals surface area (Å²) in [6, 6.07) is 4.69. The first-order chi connectivity index (χ1) is 8.54. The highest BCUT2D eigenvalue weighted by atomic mass is 16.6. The zero-order valence-corrected chi connectivity index (χ0v) is 10.4. The lowest BCUT2D eigenvalue weighted by Gasteiger charge is -2.27. The number of rotatable bonds is 5. The van der Waals surface area contributed by atoms with Crippen molar-refractivity contribution in [1.29, 1.82) is 0 Å². The highest BCUT2D eigenvalue weighted by Gasteiger charge is 2.21. The fourth-order valence-corrected chi connectivity index (χ4v) is 1.58. The lowest BCUT2D eigenvalue weighted by Crippen LogP contribution is -2.38. The molecular formula is C13H16O5. The number of hydrogen-bond donors (Lipinski definition) is 1. The van der Waals surface area contributed by atoms with Crippen molar-refractivity contribution in [2.45, 2.75) is 26.1 Å². The maximum absolute atomic E-state index is 11.0. The molecule has 1 fully saturated rings. The number of carboxylic acids is 1. The molecule has 1 heterocycles. The summed E-state index contributed by atoms with van der Waals surface area (Å²) >= 11 is 0. The summed E-state index contributed by atoms with van der Waals surface area (Å²) in [6.07, 6.45) is -0.0186. The van der Waals surface area contributed by atoms with E-state index in [1.54, 1.807) is 6.07 Å². The Kier molecular flexibility index (Phi) is 3.72. The third-order valence-electron chi connectivity index (χ3n) is 2.41. The predicted molar refractivity (Wildman–Crippen MR) is 64.4 cm³/mol. The van der Waals surface area contributed by atoms with E-state index in [2.05, 4.69) is 0 Å². The Balaban J connectivity index is 2.20. The Hall–Kier alpha value is -1.75. The fourth-order valence-electron chi connectivity index (χ4n) is 1.58. The molecule has 0 aromatic heterocycles. The van der Waals surface area contributed by atoms with E-state index < -0.39 is 5.97 Å². The maximum atomic E-state index is 11.0. The molecule has 0 radical (unpaired) electrons. The molecule has 5 heteroatoms. The normalized spacial score (nSPS) is 15.3. The average molecular weight is 252 g/mol. The standard InChI is InChI=1S/C13H16O5/c1-8(2)17-10-3-9(13(14)15)4-11(5-10)18-12-6-16-7-12/h3-5,8,12H,6-7H2,1-2H3,(H,14,15). The first-order valence-electron chi connectivity index (χ1n) is 5.84. The molecule has 1 N–H and O–H groups in total. The van der Waals surface area contributed by atoms with E-state index in [4.69, 9.17) is 19.3 Å². The van der Waals surface area contributed by atoms with Crippen LogP contribution in [0.3, 0.4) is 0 Å². The molecule has 2 rings (SSSR count). The summed E-state index contributed by atoms with van der Waals surface area (Å²) in [5.41, 5.74) is 0.156. The van der Waals surface area contributed by atoms with Crippen LogP contribution in [0.1, 0.15) is 24.2 Å². The first kappa shape index (κ1) is 12.7. The zero-order valence-electron chi connectivity index (χ0n) is 10.4. The lowest BCUT2D eigenvalue weighted by molar-refractivity contribution is -0.0797. The molecule has 0 spiro atoms. The molecule has 0 bridgehead atoms. The molecule has 1 saturated heterocycles. The van der Waals surface area contributed by atoms with Gasteiger partial charge in [-0.1, -0.05) is 0 Å². The summed E-state index contributed by atoms with van der Waals surface area (Å²) < 4.78 is 16.1. The number of carbonyl (C=O) groups is 1. The van der Waals surface area contributed by atoms with E-state index >= 15 is 0 Å². The van der Waals surface area contributed by atoms with Crippen LogP contribution in [0.4, 0.5) is 0 Å². The molecule has 0 unspecified atom stereocenters. The zero-order chi connectivity index (χ0) is 13.1. The fraction of sp³-hybridized carbons (Fsp3) is 0.462. The van der Waals surface area contributed by atoms with Crippen LogP contribution in [0.5, 0.6) is 11.5 Å². The van der Waals surface area contributed by atoms with E-state index in [0.29, 0.717) is 24.7 Å². The first-order valence-corrected chi connectivity index (χ1v) is 5.84. The van der Waals surface area contributed by atoms with Crippen LogP contribution in [-0.4, -0.2) is 36.5 Å². The van der Waals surface area contributed by atoms with Gasteiger partial charge >= 0.3 is 5.97 Å². The molecule has 1 aromatic rings. The van der Waals surface area contributed by atoms with E-state index in [9.17, 15) is 4.79 Å². The number of ether oxygens (including phenoxy) is 3. The Morgan fingerprint density at radius 3 is 2.50 bits per heavy atom. The van der Waals surface area contributed by atoms with Crippen molar-refractivity contribution in [3.05, 3.63) is 23.8 Å². The average Bonchev–Trinajstić information content (AvgIpc) is 2.22. The Morgan fingerprint density at radius 1 is 1.33 bits per heavy atom. The van der Waals surface area contributed by atoms with Gasteiger partial charge in [-0.2, -0.15) is 0 Å². The van der Waals surface area contributed by atoms with Crippen molar-refractivity contribution in [3.8, 4) is 11.5 Å². The minimum atomic E-state index is -1.00. The van der Waals surface area contributed by atoms with Gasteiger partial charge in [0.1, 0.15) is 17.6 Å². The van der Waals surface area contributed by atoms with Gasteiger partial charge in [-0.25, -0.2) is 4.79 Å². The Morgan fingerprint density at radius 2 is 2.00 bits per heavy atom. The van der Waals surface area contributed by atoms with Crippen LogP contribution < -0.4 is 9.47 Å². The topological polar surface area (TPSA) is 65.0 Å². The van der Waals surface area contributed by atoms with Crippen LogP contribution in [-0.2, 0) is 4.74 Å². The van der Waals surface area contributed by atoms with Crippen LogP contribution >= 0.6 is 0 Å². The summed E-state index contributed by atoms with van der Waals surface area (Å²) in [6.45, 7) is 4.84. The molecule has 1 aromatic carbocycles. The smallest absolute Gasteiger partial charge is 0.335 e. The third-order valence-corrected chi connectivity index (χ3v) is 2.41. The summed E-state index contributed by atoms with van der Waals surface area (Å²) in [4.78, 5) is 11.0. The quantitative estimate of drug-likeness (QED) is 0.867. The van der Waals surface area contributed by atoms with Crippen molar-refractivity contribution in [3.63, 3.8) is 0 Å². The van der Waals surface area contributed by atoms with E-state index in [1.807, 2.05) is 13.8 Å². The van der Waals surface area contributed by atoms with Gasteiger partial charge in [-0.05, 0) is 26.0 Å². The summed E-state index contributed by atoms with van der Waals surface area (Å²) in [5.74, 6) is -0.00194. The molecule has 98 valence electrons. The second-order valence-corrected chi connectivity index (χ2v) is 4.44. The number of benzene rings is 1. The van der Waals surface area contributed by atoms with Crippen LogP contribution in [0.2, 0.25) is 0 Å². The van der Waals surface area contributed by atoms with E-state index in [1.165, 1.54) is 12.1 Å². The molecule has 18 heavy (non-hydrogen) atoms. The molecule has 1 aliphatic heterocycles. The van der Waals surface area contributed by atoms with Gasteiger partial charge < -0.3 is 19.3 Å². The minimum absolute atomic E-state index is 0.000875. The van der Waals surface area contributed by atoms with E-state index in [-0.39, 0.29) is 17.8 Å². The van der Waals surface area contributed by atoms with Gasteiger partial charge in [-0.3, -0.25) is 0 Å². The maximum Gasteiger partial charge on any atom is 0.335 e. The second-order valence-electron chi connectivity index (χ2n) is 4.44. The molecule has 0 atom stereocenters.